The zero-order valence-electron chi connectivity index (χ0n) is 14.2. The normalized spacial score (nSPS) is 26.0. The van der Waals surface area contributed by atoms with Gasteiger partial charge in [-0.05, 0) is 58.5 Å². The number of piperidine rings is 2. The first-order chi connectivity index (χ1) is 9.91. The average Bonchev–Trinajstić information content (AvgIpc) is 2.48. The minimum atomic E-state index is -0.261. The highest BCUT2D eigenvalue weighted by Gasteiger charge is 2.38. The van der Waals surface area contributed by atoms with Crippen LogP contribution in [0.25, 0.3) is 0 Å². The SMILES string of the molecule is CC(C)N1CCC(NC(=O)C(C)(C)C2CCCNC2)CC1. The Morgan fingerprint density at radius 1 is 1.24 bits per heavy atom. The number of likely N-dealkylation sites (tertiary alicyclic amines) is 1. The molecule has 0 aromatic rings. The summed E-state index contributed by atoms with van der Waals surface area (Å²) in [6.07, 6.45) is 4.53. The van der Waals surface area contributed by atoms with Crippen molar-refractivity contribution in [2.24, 2.45) is 11.3 Å². The van der Waals surface area contributed by atoms with Crippen LogP contribution >= 0.6 is 0 Å². The summed E-state index contributed by atoms with van der Waals surface area (Å²) in [6, 6.07) is 0.981. The van der Waals surface area contributed by atoms with Crippen LogP contribution in [-0.4, -0.2) is 49.1 Å². The number of amides is 1. The van der Waals surface area contributed by atoms with Gasteiger partial charge in [0.1, 0.15) is 0 Å². The highest BCUT2D eigenvalue weighted by Crippen LogP contribution is 2.32. The molecule has 1 amide bonds. The van der Waals surface area contributed by atoms with E-state index in [-0.39, 0.29) is 11.3 Å². The number of nitrogens with zero attached hydrogens (tertiary/aromatic N) is 1. The minimum Gasteiger partial charge on any atom is -0.353 e. The molecule has 0 bridgehead atoms. The molecule has 0 radical (unpaired) electrons. The Morgan fingerprint density at radius 2 is 1.90 bits per heavy atom. The maximum Gasteiger partial charge on any atom is 0.226 e. The summed E-state index contributed by atoms with van der Waals surface area (Å²) in [6.45, 7) is 13.0. The Balaban J connectivity index is 1.83. The van der Waals surface area contributed by atoms with Crippen LogP contribution in [0.15, 0.2) is 0 Å². The Bertz CT molecular complexity index is 340. The van der Waals surface area contributed by atoms with Crippen molar-refractivity contribution in [3.8, 4) is 0 Å². The summed E-state index contributed by atoms with van der Waals surface area (Å²) >= 11 is 0. The van der Waals surface area contributed by atoms with E-state index < -0.39 is 0 Å². The summed E-state index contributed by atoms with van der Waals surface area (Å²) in [7, 11) is 0. The van der Waals surface area contributed by atoms with E-state index in [2.05, 4.69) is 43.2 Å². The Morgan fingerprint density at radius 3 is 2.43 bits per heavy atom. The summed E-state index contributed by atoms with van der Waals surface area (Å²) in [5, 5.41) is 6.75. The van der Waals surface area contributed by atoms with Gasteiger partial charge in [0.15, 0.2) is 0 Å². The molecule has 1 unspecified atom stereocenters. The van der Waals surface area contributed by atoms with Crippen LogP contribution in [0.1, 0.15) is 53.4 Å². The number of carbonyl (C=O) groups is 1. The lowest BCUT2D eigenvalue weighted by molar-refractivity contribution is -0.133. The molecule has 4 nitrogen and oxygen atoms in total. The molecule has 2 aliphatic rings. The molecule has 122 valence electrons. The molecule has 2 saturated heterocycles. The van der Waals surface area contributed by atoms with E-state index in [1.807, 2.05) is 0 Å². The van der Waals surface area contributed by atoms with Crippen molar-refractivity contribution >= 4 is 5.91 Å². The second-order valence-electron chi connectivity index (χ2n) is 7.64. The fourth-order valence-electron chi connectivity index (χ4n) is 3.58. The quantitative estimate of drug-likeness (QED) is 0.834. The smallest absolute Gasteiger partial charge is 0.226 e. The zero-order chi connectivity index (χ0) is 15.5. The molecular formula is C17H33N3O. The highest BCUT2D eigenvalue weighted by molar-refractivity contribution is 5.82. The van der Waals surface area contributed by atoms with E-state index in [9.17, 15) is 4.79 Å². The van der Waals surface area contributed by atoms with Crippen molar-refractivity contribution < 1.29 is 4.79 Å². The maximum atomic E-state index is 12.7. The van der Waals surface area contributed by atoms with Crippen molar-refractivity contribution in [2.45, 2.75) is 65.5 Å². The largest absolute Gasteiger partial charge is 0.353 e. The first-order valence-corrected chi connectivity index (χ1v) is 8.67. The van der Waals surface area contributed by atoms with Gasteiger partial charge < -0.3 is 15.5 Å². The van der Waals surface area contributed by atoms with Crippen molar-refractivity contribution in [3.63, 3.8) is 0 Å². The van der Waals surface area contributed by atoms with E-state index in [1.165, 1.54) is 12.8 Å². The van der Waals surface area contributed by atoms with Crippen LogP contribution in [0.2, 0.25) is 0 Å². The Hall–Kier alpha value is -0.610. The second-order valence-corrected chi connectivity index (χ2v) is 7.64. The van der Waals surface area contributed by atoms with Gasteiger partial charge in [-0.1, -0.05) is 13.8 Å². The molecule has 0 aliphatic carbocycles. The fraction of sp³-hybridized carbons (Fsp3) is 0.941. The lowest BCUT2D eigenvalue weighted by atomic mass is 9.74. The van der Waals surface area contributed by atoms with Crippen molar-refractivity contribution in [1.82, 2.24) is 15.5 Å². The van der Waals surface area contributed by atoms with Crippen LogP contribution in [-0.2, 0) is 4.79 Å². The highest BCUT2D eigenvalue weighted by atomic mass is 16.2. The predicted molar refractivity (Wildman–Crippen MR) is 87.2 cm³/mol. The number of rotatable bonds is 4. The van der Waals surface area contributed by atoms with Gasteiger partial charge in [0.05, 0.1) is 0 Å². The molecule has 2 aliphatic heterocycles. The molecule has 2 fully saturated rings. The fourth-order valence-corrected chi connectivity index (χ4v) is 3.58. The van der Waals surface area contributed by atoms with Gasteiger partial charge in [-0.3, -0.25) is 4.79 Å². The summed E-state index contributed by atoms with van der Waals surface area (Å²) in [4.78, 5) is 15.2. The summed E-state index contributed by atoms with van der Waals surface area (Å²) in [5.41, 5.74) is -0.261. The van der Waals surface area contributed by atoms with Gasteiger partial charge in [0, 0.05) is 30.6 Å². The van der Waals surface area contributed by atoms with E-state index in [0.717, 1.165) is 39.0 Å². The average molecular weight is 295 g/mol. The first-order valence-electron chi connectivity index (χ1n) is 8.67. The molecule has 21 heavy (non-hydrogen) atoms. The molecule has 0 saturated carbocycles. The van der Waals surface area contributed by atoms with Crippen molar-refractivity contribution in [2.75, 3.05) is 26.2 Å². The van der Waals surface area contributed by atoms with Crippen LogP contribution in [0.4, 0.5) is 0 Å². The third kappa shape index (κ3) is 4.19. The van der Waals surface area contributed by atoms with Crippen LogP contribution in [0, 0.1) is 11.3 Å². The predicted octanol–water partition coefficient (Wildman–Crippen LogP) is 2.00. The van der Waals surface area contributed by atoms with Gasteiger partial charge in [-0.2, -0.15) is 0 Å². The number of nitrogens with one attached hydrogen (secondary N) is 2. The molecule has 2 N–H and O–H groups in total. The maximum absolute atomic E-state index is 12.7. The first kappa shape index (κ1) is 16.8. The van der Waals surface area contributed by atoms with Gasteiger partial charge in [0.25, 0.3) is 0 Å². The van der Waals surface area contributed by atoms with Crippen LogP contribution in [0.3, 0.4) is 0 Å². The van der Waals surface area contributed by atoms with E-state index >= 15 is 0 Å². The molecule has 0 aromatic carbocycles. The molecular weight excluding hydrogens is 262 g/mol. The molecule has 1 atom stereocenters. The molecule has 2 rings (SSSR count). The van der Waals surface area contributed by atoms with E-state index in [1.54, 1.807) is 0 Å². The second kappa shape index (κ2) is 7.10. The lowest BCUT2D eigenvalue weighted by Gasteiger charge is -2.39. The minimum absolute atomic E-state index is 0.249. The molecule has 2 heterocycles. The summed E-state index contributed by atoms with van der Waals surface area (Å²) in [5.74, 6) is 0.709. The Labute approximate surface area is 130 Å². The topological polar surface area (TPSA) is 44.4 Å². The van der Waals surface area contributed by atoms with Crippen molar-refractivity contribution in [1.29, 1.82) is 0 Å². The van der Waals surface area contributed by atoms with Crippen LogP contribution < -0.4 is 10.6 Å². The molecule has 4 heteroatoms. The Kier molecular flexibility index (Phi) is 5.67. The van der Waals surface area contributed by atoms with Gasteiger partial charge in [-0.25, -0.2) is 0 Å². The molecule has 0 spiro atoms. The standard InChI is InChI=1S/C17H33N3O/c1-13(2)20-10-7-15(8-11-20)19-16(21)17(3,4)14-6-5-9-18-12-14/h13-15,18H,5-12H2,1-4H3,(H,19,21). The van der Waals surface area contributed by atoms with E-state index in [4.69, 9.17) is 0 Å². The van der Waals surface area contributed by atoms with Crippen LogP contribution in [0.5, 0.6) is 0 Å². The lowest BCUT2D eigenvalue weighted by Crippen LogP contribution is -2.52. The van der Waals surface area contributed by atoms with Crippen molar-refractivity contribution in [3.05, 3.63) is 0 Å². The number of carbonyl (C=O) groups excluding carboxylic acids is 1. The third-order valence-corrected chi connectivity index (χ3v) is 5.50. The zero-order valence-corrected chi connectivity index (χ0v) is 14.2. The van der Waals surface area contributed by atoms with Gasteiger partial charge in [0.2, 0.25) is 5.91 Å². The monoisotopic (exact) mass is 295 g/mol. The molecule has 0 aromatic heterocycles. The number of hydrogen-bond acceptors (Lipinski definition) is 3. The third-order valence-electron chi connectivity index (χ3n) is 5.50. The van der Waals surface area contributed by atoms with E-state index in [0.29, 0.717) is 18.0 Å². The number of hydrogen-bond donors (Lipinski definition) is 2. The van der Waals surface area contributed by atoms with Gasteiger partial charge in [-0.15, -0.1) is 0 Å². The van der Waals surface area contributed by atoms with Gasteiger partial charge >= 0.3 is 0 Å². The summed E-state index contributed by atoms with van der Waals surface area (Å²) < 4.78 is 0.